The Bertz CT molecular complexity index is 361. The molecule has 0 aromatic carbocycles. The van der Waals surface area contributed by atoms with E-state index in [0.717, 1.165) is 25.5 Å². The van der Waals surface area contributed by atoms with Gasteiger partial charge in [-0.15, -0.1) is 0 Å². The zero-order valence-corrected chi connectivity index (χ0v) is 6.93. The van der Waals surface area contributed by atoms with E-state index < -0.39 is 11.9 Å². The quantitative estimate of drug-likeness (QED) is 0.609. The van der Waals surface area contributed by atoms with Crippen molar-refractivity contribution in [3.63, 3.8) is 0 Å². The average molecular weight is 182 g/mol. The van der Waals surface area contributed by atoms with Crippen molar-refractivity contribution in [2.45, 2.75) is 12.8 Å². The summed E-state index contributed by atoms with van der Waals surface area (Å²) < 4.78 is 25.5. The Labute approximate surface area is 74.3 Å². The van der Waals surface area contributed by atoms with Crippen LogP contribution in [-0.2, 0) is 0 Å². The van der Waals surface area contributed by atoms with Crippen molar-refractivity contribution in [1.82, 2.24) is 4.98 Å². The predicted molar refractivity (Wildman–Crippen MR) is 44.8 cm³/mol. The fraction of sp³-hybridized carbons (Fsp3) is 0.333. The van der Waals surface area contributed by atoms with Crippen LogP contribution in [0, 0.1) is 11.9 Å². The molecular weight excluding hydrogens is 174 g/mol. The Morgan fingerprint density at radius 3 is 2.69 bits per heavy atom. The third kappa shape index (κ3) is 1.56. The van der Waals surface area contributed by atoms with Gasteiger partial charge in [0.25, 0.3) is 0 Å². The molecule has 1 aliphatic heterocycles. The Kier molecular flexibility index (Phi) is 2.04. The van der Waals surface area contributed by atoms with Gasteiger partial charge in [0.15, 0.2) is 0 Å². The highest BCUT2D eigenvalue weighted by atomic mass is 19.1. The van der Waals surface area contributed by atoms with Gasteiger partial charge in [-0.2, -0.15) is 13.8 Å². The van der Waals surface area contributed by atoms with Gasteiger partial charge in [-0.1, -0.05) is 0 Å². The molecule has 1 aromatic heterocycles. The summed E-state index contributed by atoms with van der Waals surface area (Å²) in [4.78, 5) is 7.21. The van der Waals surface area contributed by atoms with Gasteiger partial charge in [0.05, 0.1) is 5.56 Å². The standard InChI is InChI=1S/C9H8F2N2/c10-8-4-3-6(9(11)13-8)7-2-1-5-12-7/h3-4H,1-2,5H2. The number of rotatable bonds is 1. The number of hydrogen-bond donors (Lipinski definition) is 0. The zero-order chi connectivity index (χ0) is 9.26. The van der Waals surface area contributed by atoms with Crippen molar-refractivity contribution >= 4 is 5.71 Å². The first-order valence-electron chi connectivity index (χ1n) is 4.13. The van der Waals surface area contributed by atoms with Crippen LogP contribution in [0.4, 0.5) is 8.78 Å². The molecule has 0 aliphatic carbocycles. The monoisotopic (exact) mass is 182 g/mol. The normalized spacial score (nSPS) is 16.0. The lowest BCUT2D eigenvalue weighted by Crippen LogP contribution is -2.03. The van der Waals surface area contributed by atoms with E-state index >= 15 is 0 Å². The van der Waals surface area contributed by atoms with E-state index in [1.807, 2.05) is 0 Å². The molecule has 0 saturated carbocycles. The van der Waals surface area contributed by atoms with Crippen LogP contribution in [0.3, 0.4) is 0 Å². The molecule has 1 aliphatic rings. The molecule has 0 N–H and O–H groups in total. The minimum Gasteiger partial charge on any atom is -0.289 e. The molecule has 2 heterocycles. The second-order valence-corrected chi connectivity index (χ2v) is 2.90. The predicted octanol–water partition coefficient (Wildman–Crippen LogP) is 1.94. The molecule has 0 radical (unpaired) electrons. The maximum Gasteiger partial charge on any atom is 0.224 e. The first-order valence-corrected chi connectivity index (χ1v) is 4.13. The van der Waals surface area contributed by atoms with E-state index in [1.165, 1.54) is 6.07 Å². The minimum atomic E-state index is -0.792. The van der Waals surface area contributed by atoms with Crippen LogP contribution in [0.5, 0.6) is 0 Å². The molecule has 0 spiro atoms. The van der Waals surface area contributed by atoms with Gasteiger partial charge in [0.2, 0.25) is 11.9 Å². The third-order valence-corrected chi connectivity index (χ3v) is 2.00. The van der Waals surface area contributed by atoms with Gasteiger partial charge in [0, 0.05) is 12.3 Å². The molecule has 2 nitrogen and oxygen atoms in total. The van der Waals surface area contributed by atoms with E-state index in [9.17, 15) is 8.78 Å². The minimum absolute atomic E-state index is 0.332. The van der Waals surface area contributed by atoms with E-state index in [0.29, 0.717) is 11.3 Å². The zero-order valence-electron chi connectivity index (χ0n) is 6.93. The summed E-state index contributed by atoms with van der Waals surface area (Å²) in [7, 11) is 0. The Morgan fingerprint density at radius 2 is 2.08 bits per heavy atom. The van der Waals surface area contributed by atoms with Crippen LogP contribution < -0.4 is 0 Å². The number of pyridine rings is 1. The molecule has 0 bridgehead atoms. The first-order chi connectivity index (χ1) is 6.27. The molecule has 0 unspecified atom stereocenters. The number of hydrogen-bond acceptors (Lipinski definition) is 2. The van der Waals surface area contributed by atoms with Crippen LogP contribution >= 0.6 is 0 Å². The Hall–Kier alpha value is -1.32. The summed E-state index contributed by atoms with van der Waals surface area (Å²) in [6, 6.07) is 2.54. The van der Waals surface area contributed by atoms with E-state index in [2.05, 4.69) is 9.98 Å². The summed E-state index contributed by atoms with van der Waals surface area (Å²) in [5, 5.41) is 0. The van der Waals surface area contributed by atoms with Crippen LogP contribution in [-0.4, -0.2) is 17.2 Å². The number of aliphatic imine (C=N–C) groups is 1. The molecule has 1 aromatic rings. The van der Waals surface area contributed by atoms with Crippen molar-refractivity contribution in [3.8, 4) is 0 Å². The molecule has 0 fully saturated rings. The maximum absolute atomic E-state index is 13.1. The van der Waals surface area contributed by atoms with E-state index in [1.54, 1.807) is 0 Å². The van der Waals surface area contributed by atoms with Gasteiger partial charge >= 0.3 is 0 Å². The maximum atomic E-state index is 13.1. The average Bonchev–Trinajstić information content (AvgIpc) is 2.56. The first kappa shape index (κ1) is 8.29. The summed E-state index contributed by atoms with van der Waals surface area (Å²) in [5.74, 6) is -1.56. The van der Waals surface area contributed by atoms with Crippen molar-refractivity contribution in [1.29, 1.82) is 0 Å². The summed E-state index contributed by atoms with van der Waals surface area (Å²) in [5.41, 5.74) is 1.03. The van der Waals surface area contributed by atoms with E-state index in [4.69, 9.17) is 0 Å². The second kappa shape index (κ2) is 3.20. The number of nitrogens with zero attached hydrogens (tertiary/aromatic N) is 2. The third-order valence-electron chi connectivity index (χ3n) is 2.00. The topological polar surface area (TPSA) is 25.2 Å². The van der Waals surface area contributed by atoms with Crippen molar-refractivity contribution in [2.75, 3.05) is 6.54 Å². The van der Waals surface area contributed by atoms with Crippen molar-refractivity contribution in [3.05, 3.63) is 29.6 Å². The van der Waals surface area contributed by atoms with Gasteiger partial charge in [0.1, 0.15) is 0 Å². The van der Waals surface area contributed by atoms with Crippen molar-refractivity contribution in [2.24, 2.45) is 4.99 Å². The molecule has 13 heavy (non-hydrogen) atoms. The molecule has 0 amide bonds. The highest BCUT2D eigenvalue weighted by molar-refractivity contribution is 6.01. The number of halogens is 2. The lowest BCUT2D eigenvalue weighted by molar-refractivity contribution is 0.511. The van der Waals surface area contributed by atoms with Crippen LogP contribution in [0.2, 0.25) is 0 Å². The highest BCUT2D eigenvalue weighted by Gasteiger charge is 2.14. The fourth-order valence-electron chi connectivity index (χ4n) is 1.39. The lowest BCUT2D eigenvalue weighted by atomic mass is 10.1. The molecule has 4 heteroatoms. The second-order valence-electron chi connectivity index (χ2n) is 2.90. The van der Waals surface area contributed by atoms with Gasteiger partial charge < -0.3 is 0 Å². The molecular formula is C9H8F2N2. The van der Waals surface area contributed by atoms with Crippen LogP contribution in [0.25, 0.3) is 0 Å². The SMILES string of the molecule is Fc1ccc(C2=NCCC2)c(F)n1. The summed E-state index contributed by atoms with van der Waals surface area (Å²) in [6.45, 7) is 0.728. The summed E-state index contributed by atoms with van der Waals surface area (Å²) >= 11 is 0. The van der Waals surface area contributed by atoms with Crippen molar-refractivity contribution < 1.29 is 8.78 Å². The Morgan fingerprint density at radius 1 is 1.23 bits per heavy atom. The molecule has 0 saturated heterocycles. The Balaban J connectivity index is 2.40. The number of aromatic nitrogens is 1. The lowest BCUT2D eigenvalue weighted by Gasteiger charge is -2.00. The van der Waals surface area contributed by atoms with E-state index in [-0.39, 0.29) is 0 Å². The molecule has 0 atom stereocenters. The van der Waals surface area contributed by atoms with Gasteiger partial charge in [-0.25, -0.2) is 0 Å². The van der Waals surface area contributed by atoms with Crippen LogP contribution in [0.15, 0.2) is 17.1 Å². The molecule has 2 rings (SSSR count). The fourth-order valence-corrected chi connectivity index (χ4v) is 1.39. The summed E-state index contributed by atoms with van der Waals surface area (Å²) in [6.07, 6.45) is 1.69. The largest absolute Gasteiger partial charge is 0.289 e. The smallest absolute Gasteiger partial charge is 0.224 e. The van der Waals surface area contributed by atoms with Gasteiger partial charge in [-0.3, -0.25) is 4.99 Å². The highest BCUT2D eigenvalue weighted by Crippen LogP contribution is 2.15. The van der Waals surface area contributed by atoms with Gasteiger partial charge in [-0.05, 0) is 25.0 Å². The van der Waals surface area contributed by atoms with Crippen LogP contribution in [0.1, 0.15) is 18.4 Å². The molecule has 68 valence electrons.